The Bertz CT molecular complexity index is 798. The molecule has 6 nitrogen and oxygen atoms in total. The van der Waals surface area contributed by atoms with E-state index in [1.165, 1.54) is 4.88 Å². The van der Waals surface area contributed by atoms with E-state index < -0.39 is 0 Å². The van der Waals surface area contributed by atoms with Gasteiger partial charge in [-0.05, 0) is 45.4 Å². The second-order valence-electron chi connectivity index (χ2n) is 7.37. The number of aliphatic imine (C=N–C) groups is 1. The second kappa shape index (κ2) is 11.4. The number of carbonyl (C=O) groups is 1. The summed E-state index contributed by atoms with van der Waals surface area (Å²) in [6.45, 7) is 9.33. The Hall–Kier alpha value is -1.68. The largest absolute Gasteiger partial charge is 0.356 e. The molecule has 0 atom stereocenters. The quantitative estimate of drug-likeness (QED) is 0.313. The van der Waals surface area contributed by atoms with Gasteiger partial charge in [0.2, 0.25) is 0 Å². The number of guanidine groups is 1. The summed E-state index contributed by atoms with van der Waals surface area (Å²) in [5.41, 5.74) is 1.43. The summed E-state index contributed by atoms with van der Waals surface area (Å²) >= 11 is 1.72. The Morgan fingerprint density at radius 2 is 2.00 bits per heavy atom. The average Bonchev–Trinajstić information content (AvgIpc) is 3.02. The topological polar surface area (TPSA) is 78.4 Å². The lowest BCUT2D eigenvalue weighted by molar-refractivity contribution is 0.0919. The van der Waals surface area contributed by atoms with E-state index in [0.29, 0.717) is 12.1 Å². The van der Waals surface area contributed by atoms with Gasteiger partial charge in [0.1, 0.15) is 0 Å². The first-order valence-electron chi connectivity index (χ1n) is 9.04. The maximum Gasteiger partial charge on any atom is 0.251 e. The van der Waals surface area contributed by atoms with Gasteiger partial charge in [-0.3, -0.25) is 9.79 Å². The Morgan fingerprint density at radius 1 is 1.25 bits per heavy atom. The van der Waals surface area contributed by atoms with Gasteiger partial charge in [0, 0.05) is 48.7 Å². The molecule has 0 aliphatic heterocycles. The number of nitrogens with one attached hydrogen (secondary N) is 3. The molecular formula is C20H30IN5OS. The zero-order valence-electron chi connectivity index (χ0n) is 17.1. The van der Waals surface area contributed by atoms with Crippen molar-refractivity contribution in [2.45, 2.75) is 46.2 Å². The number of carbonyl (C=O) groups excluding carboxylic acids is 1. The van der Waals surface area contributed by atoms with E-state index in [4.69, 9.17) is 0 Å². The van der Waals surface area contributed by atoms with Crippen LogP contribution in [0.3, 0.4) is 0 Å². The van der Waals surface area contributed by atoms with E-state index in [9.17, 15) is 4.79 Å². The number of nitrogens with zero attached hydrogens (tertiary/aromatic N) is 2. The maximum atomic E-state index is 12.3. The van der Waals surface area contributed by atoms with Gasteiger partial charge in [0.15, 0.2) is 5.96 Å². The fourth-order valence-electron chi connectivity index (χ4n) is 2.45. The van der Waals surface area contributed by atoms with Crippen LogP contribution in [0.1, 0.15) is 46.6 Å². The molecule has 0 aliphatic carbocycles. The Balaban J connectivity index is 0.00000392. The Morgan fingerprint density at radius 3 is 2.61 bits per heavy atom. The lowest BCUT2D eigenvalue weighted by Gasteiger charge is -2.20. The van der Waals surface area contributed by atoms with Gasteiger partial charge >= 0.3 is 0 Å². The van der Waals surface area contributed by atoms with Crippen LogP contribution in [-0.2, 0) is 13.0 Å². The van der Waals surface area contributed by atoms with Gasteiger partial charge in [0.05, 0.1) is 5.01 Å². The van der Waals surface area contributed by atoms with Crippen molar-refractivity contribution in [1.29, 1.82) is 0 Å². The van der Waals surface area contributed by atoms with E-state index in [1.54, 1.807) is 18.4 Å². The summed E-state index contributed by atoms with van der Waals surface area (Å²) in [5, 5.41) is 10.7. The SMILES string of the molecule is CN=C(NCCc1ncc(C)s1)NCc1cccc(C(=O)NC(C)(C)C)c1.I. The van der Waals surface area contributed by atoms with Crippen LogP contribution < -0.4 is 16.0 Å². The number of thiazole rings is 1. The third kappa shape index (κ3) is 8.55. The van der Waals surface area contributed by atoms with Crippen molar-refractivity contribution in [3.8, 4) is 0 Å². The molecule has 0 radical (unpaired) electrons. The lowest BCUT2D eigenvalue weighted by atomic mass is 10.1. The number of aryl methyl sites for hydroxylation is 1. The second-order valence-corrected chi connectivity index (χ2v) is 8.69. The number of halogens is 1. The molecule has 1 aromatic heterocycles. The third-order valence-corrected chi connectivity index (χ3v) is 4.63. The van der Waals surface area contributed by atoms with Crippen molar-refractivity contribution >= 4 is 47.2 Å². The van der Waals surface area contributed by atoms with E-state index in [1.807, 2.05) is 51.2 Å². The van der Waals surface area contributed by atoms with Crippen molar-refractivity contribution < 1.29 is 4.79 Å². The number of hydrogen-bond donors (Lipinski definition) is 3. The molecule has 1 amide bonds. The van der Waals surface area contributed by atoms with Gasteiger partial charge in [-0.1, -0.05) is 12.1 Å². The minimum atomic E-state index is -0.257. The average molecular weight is 515 g/mol. The standard InChI is InChI=1S/C20H29N5OS.HI/c1-14-12-23-17(27-14)9-10-22-19(21-5)24-13-15-7-6-8-16(11-15)18(26)25-20(2,3)4;/h6-8,11-12H,9-10,13H2,1-5H3,(H,25,26)(H2,21,22,24);1H. The Kier molecular flexibility index (Phi) is 9.88. The van der Waals surface area contributed by atoms with Crippen LogP contribution in [0.2, 0.25) is 0 Å². The summed E-state index contributed by atoms with van der Waals surface area (Å²) in [4.78, 5) is 22.1. The van der Waals surface area contributed by atoms with Crippen LogP contribution >= 0.6 is 35.3 Å². The van der Waals surface area contributed by atoms with Crippen molar-refractivity contribution in [1.82, 2.24) is 20.9 Å². The van der Waals surface area contributed by atoms with Crippen molar-refractivity contribution in [2.24, 2.45) is 4.99 Å². The van der Waals surface area contributed by atoms with E-state index in [0.717, 1.165) is 29.5 Å². The molecule has 0 aliphatic rings. The first-order chi connectivity index (χ1) is 12.8. The predicted octanol–water partition coefficient (Wildman–Crippen LogP) is 3.51. The summed E-state index contributed by atoms with van der Waals surface area (Å²) < 4.78 is 0. The van der Waals surface area contributed by atoms with Gasteiger partial charge < -0.3 is 16.0 Å². The maximum absolute atomic E-state index is 12.3. The first-order valence-corrected chi connectivity index (χ1v) is 9.86. The number of benzene rings is 1. The fourth-order valence-corrected chi connectivity index (χ4v) is 3.23. The minimum absolute atomic E-state index is 0. The molecule has 2 rings (SSSR count). The van der Waals surface area contributed by atoms with E-state index in [2.05, 4.69) is 32.9 Å². The molecule has 0 bridgehead atoms. The van der Waals surface area contributed by atoms with Crippen LogP contribution in [0, 0.1) is 6.92 Å². The monoisotopic (exact) mass is 515 g/mol. The Labute approximate surface area is 188 Å². The molecular weight excluding hydrogens is 485 g/mol. The third-order valence-electron chi connectivity index (χ3n) is 3.66. The molecule has 3 N–H and O–H groups in total. The fraction of sp³-hybridized carbons (Fsp3) is 0.450. The molecule has 0 saturated heterocycles. The van der Waals surface area contributed by atoms with Gasteiger partial charge in [-0.15, -0.1) is 35.3 Å². The number of amides is 1. The van der Waals surface area contributed by atoms with Crippen LogP contribution in [0.25, 0.3) is 0 Å². The summed E-state index contributed by atoms with van der Waals surface area (Å²) in [5.74, 6) is 0.665. The van der Waals surface area contributed by atoms with E-state index >= 15 is 0 Å². The number of aromatic nitrogens is 1. The predicted molar refractivity (Wildman–Crippen MR) is 128 cm³/mol. The van der Waals surface area contributed by atoms with Crippen LogP contribution in [0.5, 0.6) is 0 Å². The van der Waals surface area contributed by atoms with Gasteiger partial charge in [-0.25, -0.2) is 4.98 Å². The zero-order valence-corrected chi connectivity index (χ0v) is 20.3. The van der Waals surface area contributed by atoms with Crippen LogP contribution in [-0.4, -0.2) is 36.0 Å². The van der Waals surface area contributed by atoms with Crippen molar-refractivity contribution in [2.75, 3.05) is 13.6 Å². The molecule has 0 spiro atoms. The summed E-state index contributed by atoms with van der Waals surface area (Å²) in [7, 11) is 1.75. The summed E-state index contributed by atoms with van der Waals surface area (Å²) in [6.07, 6.45) is 2.76. The van der Waals surface area contributed by atoms with E-state index in [-0.39, 0.29) is 35.4 Å². The van der Waals surface area contributed by atoms with Crippen LogP contribution in [0.4, 0.5) is 0 Å². The molecule has 2 aromatic rings. The number of rotatable bonds is 6. The molecule has 0 unspecified atom stereocenters. The van der Waals surface area contributed by atoms with Crippen molar-refractivity contribution in [3.05, 3.63) is 51.5 Å². The number of hydrogen-bond acceptors (Lipinski definition) is 4. The zero-order chi connectivity index (χ0) is 19.9. The highest BCUT2D eigenvalue weighted by Crippen LogP contribution is 2.11. The molecule has 28 heavy (non-hydrogen) atoms. The molecule has 0 saturated carbocycles. The van der Waals surface area contributed by atoms with Gasteiger partial charge in [-0.2, -0.15) is 0 Å². The van der Waals surface area contributed by atoms with Crippen LogP contribution in [0.15, 0.2) is 35.5 Å². The summed E-state index contributed by atoms with van der Waals surface area (Å²) in [6, 6.07) is 7.62. The smallest absolute Gasteiger partial charge is 0.251 e. The highest BCUT2D eigenvalue weighted by Gasteiger charge is 2.15. The molecule has 154 valence electrons. The highest BCUT2D eigenvalue weighted by atomic mass is 127. The molecule has 0 fully saturated rings. The molecule has 1 aromatic carbocycles. The first kappa shape index (κ1) is 24.4. The normalized spacial score (nSPS) is 11.5. The molecule has 1 heterocycles. The minimum Gasteiger partial charge on any atom is -0.356 e. The van der Waals surface area contributed by atoms with Gasteiger partial charge in [0.25, 0.3) is 5.91 Å². The van der Waals surface area contributed by atoms with Crippen molar-refractivity contribution in [3.63, 3.8) is 0 Å². The highest BCUT2D eigenvalue weighted by molar-refractivity contribution is 14.0. The molecule has 8 heteroatoms. The lowest BCUT2D eigenvalue weighted by Crippen LogP contribution is -2.40.